The number of rotatable bonds is 1. The van der Waals surface area contributed by atoms with E-state index in [0.29, 0.717) is 6.54 Å². The maximum atomic E-state index is 11.2. The molecule has 5 heteroatoms. The quantitative estimate of drug-likeness (QED) is 0.531. The summed E-state index contributed by atoms with van der Waals surface area (Å²) in [7, 11) is 0. The van der Waals surface area contributed by atoms with Crippen LogP contribution in [-0.4, -0.2) is 24.9 Å². The Balaban J connectivity index is 1.86. The first-order chi connectivity index (χ1) is 8.24. The van der Waals surface area contributed by atoms with Crippen LogP contribution in [0, 0.1) is 0 Å². The number of benzene rings is 1. The Morgan fingerprint density at radius 3 is 2.59 bits per heavy atom. The Hall–Kier alpha value is -2.04. The third-order valence-corrected chi connectivity index (χ3v) is 2.93. The van der Waals surface area contributed by atoms with Crippen LogP contribution in [-0.2, 0) is 25.5 Å². The first-order valence-corrected chi connectivity index (χ1v) is 5.47. The second-order valence-corrected chi connectivity index (χ2v) is 4.04. The van der Waals surface area contributed by atoms with Gasteiger partial charge >= 0.3 is 18.4 Å². The van der Waals surface area contributed by atoms with Crippen LogP contribution >= 0.6 is 0 Å². The average Bonchev–Trinajstić information content (AvgIpc) is 2.71. The normalized spacial score (nSPS) is 19.9. The number of carbonyl (C=O) groups is 2. The van der Waals surface area contributed by atoms with Crippen LogP contribution in [0.15, 0.2) is 24.3 Å². The maximum Gasteiger partial charge on any atom is 0.332 e. The van der Waals surface area contributed by atoms with Crippen LogP contribution in [0.25, 0.3) is 0 Å². The van der Waals surface area contributed by atoms with Crippen molar-refractivity contribution < 1.29 is 19.1 Å². The molecule has 5 nitrogen and oxygen atoms in total. The molecule has 3 rings (SSSR count). The van der Waals surface area contributed by atoms with E-state index in [1.807, 2.05) is 24.3 Å². The van der Waals surface area contributed by atoms with Crippen molar-refractivity contribution in [3.05, 3.63) is 29.8 Å². The van der Waals surface area contributed by atoms with Crippen LogP contribution in [0.2, 0.25) is 0 Å². The molecule has 0 atom stereocenters. The number of hydrogen-bond donors (Lipinski definition) is 0. The molecule has 1 fully saturated rings. The van der Waals surface area contributed by atoms with E-state index in [0.717, 1.165) is 12.1 Å². The van der Waals surface area contributed by atoms with Crippen LogP contribution in [0.1, 0.15) is 12.0 Å². The first-order valence-electron chi connectivity index (χ1n) is 5.47. The maximum absolute atomic E-state index is 11.2. The molecule has 0 N–H and O–H groups in total. The van der Waals surface area contributed by atoms with Gasteiger partial charge in [-0.25, -0.2) is 0 Å². The molecule has 2 aliphatic rings. The molecule has 0 saturated carbocycles. The summed E-state index contributed by atoms with van der Waals surface area (Å²) in [6, 6.07) is 7.81. The SMILES string of the molecule is O=C1CC(=O)OC(N2CCc3ccccc32)O1. The molecule has 17 heavy (non-hydrogen) atoms. The minimum atomic E-state index is -0.910. The Bertz CT molecular complexity index is 469. The van der Waals surface area contributed by atoms with Crippen molar-refractivity contribution in [3.8, 4) is 0 Å². The van der Waals surface area contributed by atoms with E-state index in [4.69, 9.17) is 9.47 Å². The lowest BCUT2D eigenvalue weighted by molar-refractivity contribution is -0.202. The highest BCUT2D eigenvalue weighted by Gasteiger charge is 2.35. The summed E-state index contributed by atoms with van der Waals surface area (Å²) < 4.78 is 10.1. The summed E-state index contributed by atoms with van der Waals surface area (Å²) in [5.41, 5.74) is 2.13. The highest BCUT2D eigenvalue weighted by Crippen LogP contribution is 2.30. The molecule has 1 saturated heterocycles. The summed E-state index contributed by atoms with van der Waals surface area (Å²) in [6.07, 6.45) is -0.347. The summed E-state index contributed by atoms with van der Waals surface area (Å²) in [6.45, 7) is 0.685. The van der Waals surface area contributed by atoms with Crippen molar-refractivity contribution in [3.63, 3.8) is 0 Å². The predicted molar refractivity (Wildman–Crippen MR) is 58.1 cm³/mol. The molecule has 0 bridgehead atoms. The Labute approximate surface area is 97.9 Å². The van der Waals surface area contributed by atoms with Crippen molar-refractivity contribution in [2.45, 2.75) is 19.3 Å². The molecule has 1 aromatic rings. The fourth-order valence-corrected chi connectivity index (χ4v) is 2.16. The molecule has 0 radical (unpaired) electrons. The van der Waals surface area contributed by atoms with Gasteiger partial charge in [-0.3, -0.25) is 9.59 Å². The van der Waals surface area contributed by atoms with Gasteiger partial charge in [0.05, 0.1) is 0 Å². The van der Waals surface area contributed by atoms with E-state index in [1.54, 1.807) is 4.90 Å². The zero-order valence-corrected chi connectivity index (χ0v) is 9.09. The Morgan fingerprint density at radius 2 is 1.82 bits per heavy atom. The molecule has 88 valence electrons. The zero-order chi connectivity index (χ0) is 11.8. The second kappa shape index (κ2) is 3.76. The fourth-order valence-electron chi connectivity index (χ4n) is 2.16. The lowest BCUT2D eigenvalue weighted by Gasteiger charge is -2.31. The monoisotopic (exact) mass is 233 g/mol. The van der Waals surface area contributed by atoms with Gasteiger partial charge in [0, 0.05) is 12.2 Å². The molecule has 2 heterocycles. The molecule has 0 aliphatic carbocycles. The molecule has 0 aromatic heterocycles. The number of nitrogens with zero attached hydrogens (tertiary/aromatic N) is 1. The van der Waals surface area contributed by atoms with Gasteiger partial charge in [-0.2, -0.15) is 0 Å². The van der Waals surface area contributed by atoms with Gasteiger partial charge in [-0.05, 0) is 18.1 Å². The van der Waals surface area contributed by atoms with Gasteiger partial charge < -0.3 is 14.4 Å². The van der Waals surface area contributed by atoms with Crippen molar-refractivity contribution in [1.29, 1.82) is 0 Å². The highest BCUT2D eigenvalue weighted by atomic mass is 16.7. The predicted octanol–water partition coefficient (Wildman–Crippen LogP) is 0.823. The highest BCUT2D eigenvalue weighted by molar-refractivity contribution is 5.93. The Morgan fingerprint density at radius 1 is 1.12 bits per heavy atom. The van der Waals surface area contributed by atoms with Gasteiger partial charge in [-0.15, -0.1) is 0 Å². The third-order valence-electron chi connectivity index (χ3n) is 2.93. The van der Waals surface area contributed by atoms with Crippen molar-refractivity contribution in [2.24, 2.45) is 0 Å². The van der Waals surface area contributed by atoms with Crippen LogP contribution in [0.3, 0.4) is 0 Å². The number of esters is 2. The molecular weight excluding hydrogens is 222 g/mol. The van der Waals surface area contributed by atoms with E-state index in [9.17, 15) is 9.59 Å². The fraction of sp³-hybridized carbons (Fsp3) is 0.333. The lowest BCUT2D eigenvalue weighted by Crippen LogP contribution is -2.45. The van der Waals surface area contributed by atoms with E-state index in [1.165, 1.54) is 5.56 Å². The summed E-state index contributed by atoms with van der Waals surface area (Å²) >= 11 is 0. The third kappa shape index (κ3) is 1.73. The van der Waals surface area contributed by atoms with Crippen LogP contribution in [0.5, 0.6) is 0 Å². The molecule has 0 amide bonds. The van der Waals surface area contributed by atoms with E-state index in [-0.39, 0.29) is 6.42 Å². The van der Waals surface area contributed by atoms with E-state index in [2.05, 4.69) is 0 Å². The molecule has 2 aliphatic heterocycles. The van der Waals surface area contributed by atoms with Crippen molar-refractivity contribution in [1.82, 2.24) is 0 Å². The van der Waals surface area contributed by atoms with Crippen molar-refractivity contribution in [2.75, 3.05) is 11.4 Å². The second-order valence-electron chi connectivity index (χ2n) is 4.04. The van der Waals surface area contributed by atoms with E-state index < -0.39 is 18.4 Å². The van der Waals surface area contributed by atoms with Crippen molar-refractivity contribution >= 4 is 17.6 Å². The number of carbonyl (C=O) groups excluding carboxylic acids is 2. The minimum absolute atomic E-state index is 0.300. The molecular formula is C12H11NO4. The molecule has 1 aromatic carbocycles. The number of ether oxygens (including phenoxy) is 2. The zero-order valence-electron chi connectivity index (χ0n) is 9.09. The number of fused-ring (bicyclic) bond motifs is 1. The van der Waals surface area contributed by atoms with Gasteiger partial charge in [0.2, 0.25) is 0 Å². The average molecular weight is 233 g/mol. The van der Waals surface area contributed by atoms with Gasteiger partial charge in [0.1, 0.15) is 6.42 Å². The summed E-state index contributed by atoms with van der Waals surface area (Å²) in [5.74, 6) is -1.06. The summed E-state index contributed by atoms with van der Waals surface area (Å²) in [5, 5.41) is 0. The molecule has 0 spiro atoms. The van der Waals surface area contributed by atoms with Crippen LogP contribution < -0.4 is 4.90 Å². The summed E-state index contributed by atoms with van der Waals surface area (Å²) in [4.78, 5) is 24.2. The van der Waals surface area contributed by atoms with Gasteiger partial charge in [-0.1, -0.05) is 18.2 Å². The minimum Gasteiger partial charge on any atom is -0.405 e. The Kier molecular flexibility index (Phi) is 2.24. The van der Waals surface area contributed by atoms with E-state index >= 15 is 0 Å². The number of cyclic esters (lactones) is 2. The lowest BCUT2D eigenvalue weighted by atomic mass is 10.2. The smallest absolute Gasteiger partial charge is 0.332 e. The molecule has 0 unspecified atom stereocenters. The number of hydrogen-bond acceptors (Lipinski definition) is 5. The largest absolute Gasteiger partial charge is 0.405 e. The topological polar surface area (TPSA) is 55.8 Å². The van der Waals surface area contributed by atoms with Crippen LogP contribution in [0.4, 0.5) is 5.69 Å². The van der Waals surface area contributed by atoms with Gasteiger partial charge in [0.25, 0.3) is 0 Å². The number of anilines is 1. The first kappa shape index (κ1) is 10.1. The standard InChI is InChI=1S/C12H11NO4/c14-10-7-11(15)17-12(16-10)13-6-5-8-3-1-2-4-9(8)13/h1-4,12H,5-7H2. The van der Waals surface area contributed by atoms with Gasteiger partial charge in [0.15, 0.2) is 0 Å². The number of para-hydroxylation sites is 1.